The van der Waals surface area contributed by atoms with Crippen LogP contribution in [0.5, 0.6) is 0 Å². The van der Waals surface area contributed by atoms with E-state index in [9.17, 15) is 25.0 Å². The molecule has 0 saturated heterocycles. The van der Waals surface area contributed by atoms with E-state index in [0.717, 1.165) is 16.3 Å². The Bertz CT molecular complexity index is 1360. The molecule has 3 aromatic rings. The van der Waals surface area contributed by atoms with Crippen LogP contribution in [0.15, 0.2) is 67.6 Å². The van der Waals surface area contributed by atoms with Crippen LogP contribution in [0.25, 0.3) is 11.3 Å². The fraction of sp³-hybridized carbons (Fsp3) is 0.105. The van der Waals surface area contributed by atoms with E-state index < -0.39 is 21.8 Å². The molecule has 0 aliphatic carbocycles. The summed E-state index contributed by atoms with van der Waals surface area (Å²) in [4.78, 5) is 38.1. The maximum Gasteiger partial charge on any atom is 0.282 e. The maximum absolute atomic E-state index is 12.9. The average Bonchev–Trinajstić information content (AvgIpc) is 3.38. The van der Waals surface area contributed by atoms with Gasteiger partial charge in [0.05, 0.1) is 31.4 Å². The lowest BCUT2D eigenvalue weighted by atomic mass is 10.1. The van der Waals surface area contributed by atoms with Crippen molar-refractivity contribution in [2.45, 2.75) is 13.0 Å². The number of amides is 1. The normalized spacial score (nSPS) is 15.8. The molecule has 0 unspecified atom stereocenters. The van der Waals surface area contributed by atoms with Gasteiger partial charge in [0.2, 0.25) is 5.13 Å². The third-order valence-corrected chi connectivity index (χ3v) is 6.00. The Labute approximate surface area is 197 Å². The Morgan fingerprint density at radius 1 is 1.12 bits per heavy atom. The van der Waals surface area contributed by atoms with E-state index in [2.05, 4.69) is 36.2 Å². The number of aromatic nitrogens is 1. The molecular formula is C19H12BrN7O5S. The van der Waals surface area contributed by atoms with E-state index in [4.69, 9.17) is 0 Å². The van der Waals surface area contributed by atoms with Crippen LogP contribution in [0.3, 0.4) is 0 Å². The molecule has 2 heterocycles. The lowest BCUT2D eigenvalue weighted by Gasteiger charge is -2.08. The SMILES string of the molecule is CC1=NN(c2nc(-c3cccc([N+](=O)[O-])c3)cs2)C(=O)[C@@H]1N=Nc1ccc([N+](=O)[O-])cc1Br. The largest absolute Gasteiger partial charge is 0.282 e. The number of carbonyl (C=O) groups excluding carboxylic acids is 1. The predicted octanol–water partition coefficient (Wildman–Crippen LogP) is 5.26. The van der Waals surface area contributed by atoms with Crippen molar-refractivity contribution in [1.29, 1.82) is 0 Å². The van der Waals surface area contributed by atoms with Crippen LogP contribution >= 0.6 is 27.3 Å². The van der Waals surface area contributed by atoms with Gasteiger partial charge in [-0.05, 0) is 28.9 Å². The first-order valence-electron chi connectivity index (χ1n) is 9.19. The Morgan fingerprint density at radius 2 is 1.85 bits per heavy atom. The van der Waals surface area contributed by atoms with Crippen LogP contribution in [-0.2, 0) is 4.79 Å². The molecule has 0 spiro atoms. The van der Waals surface area contributed by atoms with Crippen molar-refractivity contribution in [1.82, 2.24) is 4.98 Å². The number of nitro benzene ring substituents is 2. The van der Waals surface area contributed by atoms with Gasteiger partial charge in [0.25, 0.3) is 17.3 Å². The fourth-order valence-electron chi connectivity index (χ4n) is 2.91. The monoisotopic (exact) mass is 529 g/mol. The molecule has 14 heteroatoms. The first-order chi connectivity index (χ1) is 15.7. The third-order valence-electron chi connectivity index (χ3n) is 4.55. The lowest BCUT2D eigenvalue weighted by Crippen LogP contribution is -2.29. The molecule has 0 saturated carbocycles. The number of nitrogens with zero attached hydrogens (tertiary/aromatic N) is 7. The van der Waals surface area contributed by atoms with Crippen LogP contribution in [0.2, 0.25) is 0 Å². The summed E-state index contributed by atoms with van der Waals surface area (Å²) in [5, 5.41) is 37.3. The number of nitro groups is 2. The summed E-state index contributed by atoms with van der Waals surface area (Å²) in [6.45, 7) is 1.63. The number of anilines is 1. The van der Waals surface area contributed by atoms with Crippen molar-refractivity contribution < 1.29 is 14.6 Å². The van der Waals surface area contributed by atoms with Gasteiger partial charge < -0.3 is 0 Å². The minimum atomic E-state index is -0.975. The second-order valence-corrected chi connectivity index (χ2v) is 8.42. The van der Waals surface area contributed by atoms with Crippen molar-refractivity contribution in [2.75, 3.05) is 5.01 Å². The molecule has 1 aliphatic heterocycles. The standard InChI is InChI=1S/C19H12BrN7O5S/c1-10-17(23-22-15-6-5-13(27(31)32)8-14(15)20)18(28)25(24-10)19-21-16(9-33-19)11-3-2-4-12(7-11)26(29)30/h2-9,17H,1H3/t17-/m1/s1. The van der Waals surface area contributed by atoms with Gasteiger partial charge in [-0.1, -0.05) is 12.1 Å². The zero-order valence-electron chi connectivity index (χ0n) is 16.7. The molecular weight excluding hydrogens is 518 g/mol. The lowest BCUT2D eigenvalue weighted by molar-refractivity contribution is -0.385. The zero-order valence-corrected chi connectivity index (χ0v) is 19.1. The van der Waals surface area contributed by atoms with Crippen molar-refractivity contribution in [3.63, 3.8) is 0 Å². The Hall–Kier alpha value is -3.91. The van der Waals surface area contributed by atoms with Crippen LogP contribution in [-0.4, -0.2) is 32.5 Å². The van der Waals surface area contributed by atoms with Crippen molar-refractivity contribution in [3.05, 3.63) is 72.5 Å². The van der Waals surface area contributed by atoms with Crippen LogP contribution in [0, 0.1) is 20.2 Å². The molecule has 0 N–H and O–H groups in total. The molecule has 166 valence electrons. The zero-order chi connectivity index (χ0) is 23.7. The summed E-state index contributed by atoms with van der Waals surface area (Å²) in [5.74, 6) is -0.464. The number of hydrazone groups is 1. The minimum Gasteiger partial charge on any atom is -0.269 e. The Morgan fingerprint density at radius 3 is 2.55 bits per heavy atom. The van der Waals surface area contributed by atoms with Gasteiger partial charge in [0, 0.05) is 35.2 Å². The summed E-state index contributed by atoms with van der Waals surface area (Å²) in [7, 11) is 0. The van der Waals surface area contributed by atoms with E-state index >= 15 is 0 Å². The van der Waals surface area contributed by atoms with E-state index in [1.807, 2.05) is 0 Å². The van der Waals surface area contributed by atoms with Gasteiger partial charge in [-0.3, -0.25) is 25.0 Å². The molecule has 0 radical (unpaired) electrons. The average molecular weight is 530 g/mol. The number of rotatable bonds is 6. The van der Waals surface area contributed by atoms with Crippen molar-refractivity contribution in [2.24, 2.45) is 15.3 Å². The molecule has 0 fully saturated rings. The van der Waals surface area contributed by atoms with E-state index in [0.29, 0.717) is 27.1 Å². The van der Waals surface area contributed by atoms with E-state index in [1.165, 1.54) is 30.3 Å². The summed E-state index contributed by atoms with van der Waals surface area (Å²) in [6.07, 6.45) is 0. The highest BCUT2D eigenvalue weighted by Crippen LogP contribution is 2.33. The van der Waals surface area contributed by atoms with Gasteiger partial charge in [0.15, 0.2) is 6.04 Å². The second-order valence-electron chi connectivity index (χ2n) is 6.73. The number of azo groups is 1. The fourth-order valence-corrected chi connectivity index (χ4v) is 4.14. The predicted molar refractivity (Wildman–Crippen MR) is 124 cm³/mol. The smallest absolute Gasteiger partial charge is 0.269 e. The molecule has 12 nitrogen and oxygen atoms in total. The van der Waals surface area contributed by atoms with Crippen LogP contribution < -0.4 is 5.01 Å². The summed E-state index contributed by atoms with van der Waals surface area (Å²) >= 11 is 4.37. The van der Waals surface area contributed by atoms with Crippen molar-refractivity contribution >= 4 is 61.1 Å². The van der Waals surface area contributed by atoms with Gasteiger partial charge in [-0.15, -0.1) is 11.3 Å². The number of thiazole rings is 1. The molecule has 2 aromatic carbocycles. The second kappa shape index (κ2) is 8.91. The molecule has 1 amide bonds. The molecule has 1 aliphatic rings. The number of non-ortho nitro benzene ring substituents is 2. The molecule has 0 bridgehead atoms. The van der Waals surface area contributed by atoms with Gasteiger partial charge in [-0.2, -0.15) is 20.3 Å². The quantitative estimate of drug-likeness (QED) is 0.240. The van der Waals surface area contributed by atoms with Crippen LogP contribution in [0.1, 0.15) is 6.92 Å². The molecule has 1 atom stereocenters. The maximum atomic E-state index is 12.9. The number of halogens is 1. The number of hydrogen-bond donors (Lipinski definition) is 0. The van der Waals surface area contributed by atoms with Gasteiger partial charge in [-0.25, -0.2) is 4.98 Å². The summed E-state index contributed by atoms with van der Waals surface area (Å²) < 4.78 is 0.360. The van der Waals surface area contributed by atoms with Crippen LogP contribution in [0.4, 0.5) is 22.2 Å². The minimum absolute atomic E-state index is 0.0638. The number of carbonyl (C=O) groups is 1. The first kappa shape index (κ1) is 22.3. The van der Waals surface area contributed by atoms with E-state index in [-0.39, 0.29) is 16.5 Å². The first-order valence-corrected chi connectivity index (χ1v) is 10.9. The van der Waals surface area contributed by atoms with E-state index in [1.54, 1.807) is 24.4 Å². The summed E-state index contributed by atoms with van der Waals surface area (Å²) in [6, 6.07) is 9.05. The van der Waals surface area contributed by atoms with Gasteiger partial charge in [0.1, 0.15) is 0 Å². The molecule has 33 heavy (non-hydrogen) atoms. The van der Waals surface area contributed by atoms with Gasteiger partial charge >= 0.3 is 0 Å². The topological polar surface area (TPSA) is 157 Å². The highest BCUT2D eigenvalue weighted by molar-refractivity contribution is 9.10. The molecule has 1 aromatic heterocycles. The number of hydrogen-bond acceptors (Lipinski definition) is 10. The Balaban J connectivity index is 1.54. The third kappa shape index (κ3) is 4.51. The number of benzene rings is 2. The highest BCUT2D eigenvalue weighted by Gasteiger charge is 2.36. The highest BCUT2D eigenvalue weighted by atomic mass is 79.9. The van der Waals surface area contributed by atoms with Crippen molar-refractivity contribution in [3.8, 4) is 11.3 Å². The molecule has 4 rings (SSSR count). The Kier molecular flexibility index (Phi) is 6.02. The summed E-state index contributed by atoms with van der Waals surface area (Å²) in [5.41, 5.74) is 1.56.